The molecule has 1 atom stereocenters. The maximum Gasteiger partial charge on any atom is 0.417 e. The molecule has 3 rings (SSSR count). The van der Waals surface area contributed by atoms with E-state index >= 15 is 0 Å². The van der Waals surface area contributed by atoms with Crippen LogP contribution < -0.4 is 10.2 Å². The molecule has 0 spiro atoms. The van der Waals surface area contributed by atoms with Gasteiger partial charge in [-0.3, -0.25) is 0 Å². The summed E-state index contributed by atoms with van der Waals surface area (Å²) in [5, 5.41) is 3.01. The number of piperazine rings is 1. The first-order chi connectivity index (χ1) is 9.29. The number of fused-ring (bicyclic) bond motifs is 3. The minimum atomic E-state index is -4.67. The summed E-state index contributed by atoms with van der Waals surface area (Å²) in [5.74, 6) is -3.31. The van der Waals surface area contributed by atoms with E-state index in [1.807, 2.05) is 0 Å². The van der Waals surface area contributed by atoms with Gasteiger partial charge in [-0.2, -0.15) is 13.2 Å². The molecule has 0 bridgehead atoms. The maximum absolute atomic E-state index is 14.1. The second kappa shape index (κ2) is 4.28. The van der Waals surface area contributed by atoms with Crippen LogP contribution in [-0.4, -0.2) is 30.7 Å². The summed E-state index contributed by atoms with van der Waals surface area (Å²) in [6.07, 6.45) is -4.53. The highest BCUT2D eigenvalue weighted by molar-refractivity contribution is 5.54. The third kappa shape index (κ3) is 2.11. The molecule has 1 saturated heterocycles. The second-order valence-corrected chi connectivity index (χ2v) is 5.05. The Bertz CT molecular complexity index is 528. The average Bonchev–Trinajstić information content (AvgIpc) is 2.37. The van der Waals surface area contributed by atoms with Crippen molar-refractivity contribution in [2.75, 3.05) is 24.5 Å². The van der Waals surface area contributed by atoms with Crippen molar-refractivity contribution in [3.05, 3.63) is 23.4 Å². The van der Waals surface area contributed by atoms with Crippen LogP contribution in [0, 0.1) is 0 Å². The highest BCUT2D eigenvalue weighted by Gasteiger charge is 2.47. The molecule has 0 saturated carbocycles. The van der Waals surface area contributed by atoms with Gasteiger partial charge in [-0.1, -0.05) is 0 Å². The van der Waals surface area contributed by atoms with Crippen molar-refractivity contribution in [2.24, 2.45) is 0 Å². The highest BCUT2D eigenvalue weighted by Crippen LogP contribution is 2.45. The van der Waals surface area contributed by atoms with E-state index in [2.05, 4.69) is 10.3 Å². The third-order valence-corrected chi connectivity index (χ3v) is 3.70. The fourth-order valence-corrected chi connectivity index (χ4v) is 2.74. The van der Waals surface area contributed by atoms with Gasteiger partial charge in [0, 0.05) is 38.3 Å². The first-order valence-corrected chi connectivity index (χ1v) is 6.22. The number of anilines is 1. The second-order valence-electron chi connectivity index (χ2n) is 5.05. The minimum absolute atomic E-state index is 0.0271. The van der Waals surface area contributed by atoms with E-state index in [-0.39, 0.29) is 5.82 Å². The lowest BCUT2D eigenvalue weighted by Crippen LogP contribution is -2.56. The van der Waals surface area contributed by atoms with Crippen molar-refractivity contribution < 1.29 is 22.0 Å². The average molecular weight is 293 g/mol. The first kappa shape index (κ1) is 13.5. The molecule has 2 aliphatic rings. The van der Waals surface area contributed by atoms with Crippen LogP contribution in [0.3, 0.4) is 0 Å². The summed E-state index contributed by atoms with van der Waals surface area (Å²) < 4.78 is 66.1. The Balaban J connectivity index is 2.09. The Morgan fingerprint density at radius 2 is 2.10 bits per heavy atom. The largest absolute Gasteiger partial charge is 0.417 e. The molecule has 3 nitrogen and oxygen atoms in total. The summed E-state index contributed by atoms with van der Waals surface area (Å²) in [5.41, 5.74) is -1.75. The fraction of sp³-hybridized carbons (Fsp3) is 0.583. The van der Waals surface area contributed by atoms with E-state index in [0.717, 1.165) is 0 Å². The van der Waals surface area contributed by atoms with Gasteiger partial charge in [0.25, 0.3) is 5.92 Å². The number of nitrogens with one attached hydrogen (secondary N) is 1. The number of hydrogen-bond donors (Lipinski definition) is 1. The van der Waals surface area contributed by atoms with E-state index in [1.165, 1.54) is 0 Å². The normalized spacial score (nSPS) is 25.1. The summed E-state index contributed by atoms with van der Waals surface area (Å²) in [4.78, 5) is 5.33. The van der Waals surface area contributed by atoms with Gasteiger partial charge in [-0.05, 0) is 6.07 Å². The van der Waals surface area contributed by atoms with Gasteiger partial charge in [0.15, 0.2) is 0 Å². The van der Waals surface area contributed by atoms with E-state index in [9.17, 15) is 22.0 Å². The van der Waals surface area contributed by atoms with Crippen LogP contribution in [0.1, 0.15) is 17.5 Å². The monoisotopic (exact) mass is 293 g/mol. The van der Waals surface area contributed by atoms with Gasteiger partial charge < -0.3 is 10.2 Å². The Hall–Kier alpha value is -1.44. The number of nitrogens with zero attached hydrogens (tertiary/aromatic N) is 2. The number of halogens is 5. The molecule has 0 amide bonds. The Labute approximate surface area is 111 Å². The van der Waals surface area contributed by atoms with Crippen molar-refractivity contribution in [2.45, 2.75) is 24.6 Å². The number of alkyl halides is 5. The third-order valence-electron chi connectivity index (χ3n) is 3.70. The zero-order valence-electron chi connectivity index (χ0n) is 10.3. The Morgan fingerprint density at radius 1 is 1.35 bits per heavy atom. The van der Waals surface area contributed by atoms with Crippen molar-refractivity contribution in [1.29, 1.82) is 0 Å². The number of pyridine rings is 1. The van der Waals surface area contributed by atoms with E-state index in [1.54, 1.807) is 4.90 Å². The quantitative estimate of drug-likeness (QED) is 0.744. The predicted octanol–water partition coefficient (Wildman–Crippen LogP) is 2.37. The predicted molar refractivity (Wildman–Crippen MR) is 61.8 cm³/mol. The molecule has 0 aliphatic carbocycles. The lowest BCUT2D eigenvalue weighted by molar-refractivity contribution is -0.138. The molecule has 3 heterocycles. The van der Waals surface area contributed by atoms with Gasteiger partial charge >= 0.3 is 6.18 Å². The zero-order chi connectivity index (χ0) is 14.5. The molecular formula is C12H12F5N3. The molecule has 1 aromatic heterocycles. The molecule has 1 aromatic rings. The van der Waals surface area contributed by atoms with Crippen LogP contribution in [0.25, 0.3) is 0 Å². The molecule has 2 aliphatic heterocycles. The van der Waals surface area contributed by atoms with Crippen LogP contribution in [0.15, 0.2) is 12.3 Å². The summed E-state index contributed by atoms with van der Waals surface area (Å²) in [7, 11) is 0. The molecule has 110 valence electrons. The van der Waals surface area contributed by atoms with Gasteiger partial charge in [0.05, 0.1) is 11.1 Å². The SMILES string of the molecule is FC(F)(F)c1cnc2c(c1)C(F)(F)CC1CNCCN21. The molecular weight excluding hydrogens is 281 g/mol. The van der Waals surface area contributed by atoms with Crippen molar-refractivity contribution >= 4 is 5.82 Å². The van der Waals surface area contributed by atoms with Crippen molar-refractivity contribution in [3.63, 3.8) is 0 Å². The lowest BCUT2D eigenvalue weighted by atomic mass is 9.92. The fourth-order valence-electron chi connectivity index (χ4n) is 2.74. The molecule has 1 unspecified atom stereocenters. The number of hydrogen-bond acceptors (Lipinski definition) is 3. The van der Waals surface area contributed by atoms with Gasteiger partial charge in [-0.15, -0.1) is 0 Å². The number of aromatic nitrogens is 1. The molecule has 1 fully saturated rings. The Kier molecular flexibility index (Phi) is 2.89. The maximum atomic E-state index is 14.1. The number of rotatable bonds is 0. The van der Waals surface area contributed by atoms with Crippen LogP contribution in [-0.2, 0) is 12.1 Å². The van der Waals surface area contributed by atoms with Crippen LogP contribution in [0.4, 0.5) is 27.8 Å². The van der Waals surface area contributed by atoms with Gasteiger partial charge in [0.2, 0.25) is 0 Å². The topological polar surface area (TPSA) is 28.2 Å². The van der Waals surface area contributed by atoms with Crippen molar-refractivity contribution in [1.82, 2.24) is 10.3 Å². The molecule has 1 N–H and O–H groups in total. The zero-order valence-corrected chi connectivity index (χ0v) is 10.3. The van der Waals surface area contributed by atoms with E-state index in [0.29, 0.717) is 31.9 Å². The molecule has 0 aromatic carbocycles. The van der Waals surface area contributed by atoms with Crippen LogP contribution >= 0.6 is 0 Å². The van der Waals surface area contributed by atoms with Gasteiger partial charge in [0.1, 0.15) is 5.82 Å². The standard InChI is InChI=1S/C12H12F5N3/c13-11(14)4-8-6-18-1-2-20(8)10-9(11)3-7(5-19-10)12(15,16)17/h3,5,8,18H,1-2,4,6H2. The first-order valence-electron chi connectivity index (χ1n) is 6.22. The minimum Gasteiger partial charge on any atom is -0.350 e. The molecule has 8 heteroatoms. The molecule has 20 heavy (non-hydrogen) atoms. The molecule has 0 radical (unpaired) electrons. The van der Waals surface area contributed by atoms with Crippen LogP contribution in [0.5, 0.6) is 0 Å². The van der Waals surface area contributed by atoms with E-state index in [4.69, 9.17) is 0 Å². The van der Waals surface area contributed by atoms with Crippen molar-refractivity contribution in [3.8, 4) is 0 Å². The van der Waals surface area contributed by atoms with Gasteiger partial charge in [-0.25, -0.2) is 13.8 Å². The lowest BCUT2D eigenvalue weighted by Gasteiger charge is -2.44. The summed E-state index contributed by atoms with van der Waals surface area (Å²) in [6.45, 7) is 1.45. The van der Waals surface area contributed by atoms with E-state index < -0.39 is 35.7 Å². The van der Waals surface area contributed by atoms with Crippen LogP contribution in [0.2, 0.25) is 0 Å². The Morgan fingerprint density at radius 3 is 2.80 bits per heavy atom. The summed E-state index contributed by atoms with van der Waals surface area (Å²) in [6, 6.07) is 0.0936. The summed E-state index contributed by atoms with van der Waals surface area (Å²) >= 11 is 0. The smallest absolute Gasteiger partial charge is 0.350 e. The highest BCUT2D eigenvalue weighted by atomic mass is 19.4.